The molecule has 144 valence electrons. The second-order valence-corrected chi connectivity index (χ2v) is 7.15. The Labute approximate surface area is 164 Å². The van der Waals surface area contributed by atoms with Gasteiger partial charge in [-0.2, -0.15) is 0 Å². The lowest BCUT2D eigenvalue weighted by Crippen LogP contribution is -2.22. The third-order valence-corrected chi connectivity index (χ3v) is 4.56. The van der Waals surface area contributed by atoms with E-state index in [-0.39, 0.29) is 28.5 Å². The van der Waals surface area contributed by atoms with Crippen molar-refractivity contribution in [1.29, 1.82) is 0 Å². The van der Waals surface area contributed by atoms with E-state index in [4.69, 9.17) is 4.42 Å². The summed E-state index contributed by atoms with van der Waals surface area (Å²) in [6.45, 7) is 3.11. The van der Waals surface area contributed by atoms with Crippen LogP contribution in [0.3, 0.4) is 0 Å². The van der Waals surface area contributed by atoms with Gasteiger partial charge in [-0.1, -0.05) is 23.9 Å². The average Bonchev–Trinajstić information content (AvgIpc) is 3.11. The number of carbonyl (C=O) groups excluding carboxylic acids is 2. The Morgan fingerprint density at radius 3 is 2.32 bits per heavy atom. The van der Waals surface area contributed by atoms with Gasteiger partial charge >= 0.3 is 0 Å². The van der Waals surface area contributed by atoms with Crippen molar-refractivity contribution in [2.45, 2.75) is 24.3 Å². The molecule has 0 spiro atoms. The first kappa shape index (κ1) is 19.6. The van der Waals surface area contributed by atoms with E-state index in [1.54, 1.807) is 43.3 Å². The second kappa shape index (κ2) is 8.66. The second-order valence-electron chi connectivity index (χ2n) is 5.86. The lowest BCUT2D eigenvalue weighted by atomic mass is 10.2. The maximum Gasteiger partial charge on any atom is 0.277 e. The summed E-state index contributed by atoms with van der Waals surface area (Å²) in [5.74, 6) is -0.836. The molecule has 2 aromatic carbocycles. The minimum absolute atomic E-state index is 0.0572. The Bertz CT molecular complexity index is 991. The van der Waals surface area contributed by atoms with E-state index < -0.39 is 11.1 Å². The van der Waals surface area contributed by atoms with E-state index in [9.17, 15) is 14.0 Å². The van der Waals surface area contributed by atoms with E-state index in [0.29, 0.717) is 11.4 Å². The third kappa shape index (κ3) is 4.95. The zero-order valence-corrected chi connectivity index (χ0v) is 15.9. The van der Waals surface area contributed by atoms with Crippen LogP contribution in [-0.4, -0.2) is 27.3 Å². The normalized spacial score (nSPS) is 11.7. The minimum Gasteiger partial charge on any atom is -0.411 e. The highest BCUT2D eigenvalue weighted by Gasteiger charge is 2.20. The van der Waals surface area contributed by atoms with Crippen molar-refractivity contribution in [1.82, 2.24) is 10.2 Å². The Morgan fingerprint density at radius 1 is 1.04 bits per heavy atom. The molecular weight excluding hydrogens is 383 g/mol. The van der Waals surface area contributed by atoms with Gasteiger partial charge in [-0.05, 0) is 43.3 Å². The molecule has 3 aromatic rings. The van der Waals surface area contributed by atoms with Crippen molar-refractivity contribution in [3.8, 4) is 11.5 Å². The number of benzene rings is 2. The summed E-state index contributed by atoms with van der Waals surface area (Å²) in [4.78, 5) is 23.4. The van der Waals surface area contributed by atoms with Gasteiger partial charge in [-0.3, -0.25) is 9.59 Å². The van der Waals surface area contributed by atoms with E-state index in [2.05, 4.69) is 20.8 Å². The van der Waals surface area contributed by atoms with Crippen LogP contribution in [0.25, 0.3) is 11.5 Å². The van der Waals surface area contributed by atoms with Crippen molar-refractivity contribution >= 4 is 35.0 Å². The predicted octanol–water partition coefficient (Wildman–Crippen LogP) is 3.95. The van der Waals surface area contributed by atoms with Crippen LogP contribution in [0.15, 0.2) is 58.2 Å². The summed E-state index contributed by atoms with van der Waals surface area (Å²) < 4.78 is 19.2. The molecule has 28 heavy (non-hydrogen) atoms. The number of nitrogens with one attached hydrogen (secondary N) is 2. The molecule has 3 rings (SSSR count). The molecule has 2 N–H and O–H groups in total. The number of anilines is 2. The monoisotopic (exact) mass is 400 g/mol. The molecule has 0 aliphatic carbocycles. The van der Waals surface area contributed by atoms with Crippen LogP contribution in [0.1, 0.15) is 13.8 Å². The van der Waals surface area contributed by atoms with Gasteiger partial charge in [0, 0.05) is 18.3 Å². The van der Waals surface area contributed by atoms with Gasteiger partial charge in [0.15, 0.2) is 0 Å². The number of rotatable bonds is 6. The van der Waals surface area contributed by atoms with Gasteiger partial charge in [0.05, 0.1) is 10.8 Å². The molecule has 0 aliphatic heterocycles. The number of nitrogens with zero attached hydrogens (tertiary/aromatic N) is 2. The summed E-state index contributed by atoms with van der Waals surface area (Å²) >= 11 is 1.07. The molecule has 0 aliphatic rings. The van der Waals surface area contributed by atoms with E-state index in [0.717, 1.165) is 11.8 Å². The van der Waals surface area contributed by atoms with Crippen LogP contribution >= 0.6 is 11.8 Å². The van der Waals surface area contributed by atoms with Crippen molar-refractivity contribution < 1.29 is 18.4 Å². The third-order valence-electron chi connectivity index (χ3n) is 3.63. The lowest BCUT2D eigenvalue weighted by Gasteiger charge is -2.10. The van der Waals surface area contributed by atoms with Crippen LogP contribution in [0.4, 0.5) is 15.8 Å². The summed E-state index contributed by atoms with van der Waals surface area (Å²) in [7, 11) is 0. The predicted molar refractivity (Wildman–Crippen MR) is 104 cm³/mol. The number of thioether (sulfide) groups is 1. The molecule has 7 nitrogen and oxygen atoms in total. The van der Waals surface area contributed by atoms with Gasteiger partial charge in [-0.15, -0.1) is 10.2 Å². The molecule has 0 bridgehead atoms. The van der Waals surface area contributed by atoms with Crippen molar-refractivity contribution in [3.63, 3.8) is 0 Å². The SMILES string of the molecule is CC(=O)Nc1ccc(NC(=O)[C@@H](C)Sc2nnc(-c3ccccc3F)o2)cc1. The molecule has 0 saturated heterocycles. The molecule has 0 unspecified atom stereocenters. The molecule has 9 heteroatoms. The Kier molecular flexibility index (Phi) is 6.05. The maximum absolute atomic E-state index is 13.8. The number of halogens is 1. The molecule has 1 aromatic heterocycles. The van der Waals surface area contributed by atoms with Crippen LogP contribution in [-0.2, 0) is 9.59 Å². The fourth-order valence-corrected chi connectivity index (χ4v) is 2.97. The summed E-state index contributed by atoms with van der Waals surface area (Å²) in [5.41, 5.74) is 1.43. The van der Waals surface area contributed by atoms with Crippen LogP contribution in [0.5, 0.6) is 0 Å². The first-order valence-corrected chi connectivity index (χ1v) is 9.24. The standard InChI is InChI=1S/C19H17FN4O3S/c1-11(17(26)22-14-9-7-13(8-10-14)21-12(2)25)28-19-24-23-18(27-19)15-5-3-4-6-16(15)20/h3-11H,1-2H3,(H,21,25)(H,22,26)/t11-/m1/s1. The van der Waals surface area contributed by atoms with Crippen LogP contribution in [0, 0.1) is 5.82 Å². The Balaban J connectivity index is 1.60. The highest BCUT2D eigenvalue weighted by Crippen LogP contribution is 2.28. The number of carbonyl (C=O) groups is 2. The zero-order chi connectivity index (χ0) is 20.1. The van der Waals surface area contributed by atoms with Crippen molar-refractivity contribution in [2.75, 3.05) is 10.6 Å². The van der Waals surface area contributed by atoms with Crippen LogP contribution in [0.2, 0.25) is 0 Å². The molecular formula is C19H17FN4O3S. The average molecular weight is 400 g/mol. The van der Waals surface area contributed by atoms with Crippen LogP contribution < -0.4 is 10.6 Å². The first-order valence-electron chi connectivity index (χ1n) is 8.36. The topological polar surface area (TPSA) is 97.1 Å². The summed E-state index contributed by atoms with van der Waals surface area (Å²) in [6, 6.07) is 12.8. The molecule has 1 atom stereocenters. The van der Waals surface area contributed by atoms with Gasteiger partial charge < -0.3 is 15.1 Å². The molecule has 0 radical (unpaired) electrons. The van der Waals surface area contributed by atoms with E-state index in [1.165, 1.54) is 19.1 Å². The Hall–Kier alpha value is -3.20. The fraction of sp³-hybridized carbons (Fsp3) is 0.158. The largest absolute Gasteiger partial charge is 0.411 e. The minimum atomic E-state index is -0.524. The number of aromatic nitrogens is 2. The van der Waals surface area contributed by atoms with Gasteiger partial charge in [0.2, 0.25) is 11.8 Å². The first-order chi connectivity index (χ1) is 13.4. The summed E-state index contributed by atoms with van der Waals surface area (Å²) in [6.07, 6.45) is 0. The quantitative estimate of drug-likeness (QED) is 0.608. The lowest BCUT2D eigenvalue weighted by molar-refractivity contribution is -0.115. The van der Waals surface area contributed by atoms with Crippen molar-refractivity contribution in [2.24, 2.45) is 0 Å². The van der Waals surface area contributed by atoms with Gasteiger partial charge in [0.1, 0.15) is 5.82 Å². The van der Waals surface area contributed by atoms with Gasteiger partial charge in [-0.25, -0.2) is 4.39 Å². The highest BCUT2D eigenvalue weighted by atomic mass is 32.2. The number of hydrogen-bond acceptors (Lipinski definition) is 6. The maximum atomic E-state index is 13.8. The molecule has 0 fully saturated rings. The molecule has 2 amide bonds. The number of amides is 2. The highest BCUT2D eigenvalue weighted by molar-refractivity contribution is 8.00. The number of hydrogen-bond donors (Lipinski definition) is 2. The fourth-order valence-electron chi connectivity index (χ4n) is 2.29. The van der Waals surface area contributed by atoms with E-state index >= 15 is 0 Å². The molecule has 0 saturated carbocycles. The molecule has 1 heterocycles. The smallest absolute Gasteiger partial charge is 0.277 e. The zero-order valence-electron chi connectivity index (χ0n) is 15.1. The van der Waals surface area contributed by atoms with Crippen molar-refractivity contribution in [3.05, 3.63) is 54.3 Å². The van der Waals surface area contributed by atoms with E-state index in [1.807, 2.05) is 0 Å². The Morgan fingerprint density at radius 2 is 1.68 bits per heavy atom. The van der Waals surface area contributed by atoms with Gasteiger partial charge in [0.25, 0.3) is 11.1 Å². The summed E-state index contributed by atoms with van der Waals surface area (Å²) in [5, 5.41) is 12.8.